The van der Waals surface area contributed by atoms with E-state index in [2.05, 4.69) is 15.5 Å². The molecule has 1 aliphatic rings. The third kappa shape index (κ3) is 5.96. The predicted molar refractivity (Wildman–Crippen MR) is 129 cm³/mol. The fourth-order valence-electron chi connectivity index (χ4n) is 3.92. The van der Waals surface area contributed by atoms with Crippen LogP contribution in [0.4, 0.5) is 5.69 Å². The summed E-state index contributed by atoms with van der Waals surface area (Å²) in [6.07, 6.45) is 3.03. The molecule has 1 aliphatic heterocycles. The summed E-state index contributed by atoms with van der Waals surface area (Å²) in [4.78, 5) is 27.3. The van der Waals surface area contributed by atoms with Gasteiger partial charge in [-0.1, -0.05) is 41.2 Å². The van der Waals surface area contributed by atoms with Crippen LogP contribution in [-0.4, -0.2) is 47.1 Å². The maximum Gasteiger partial charge on any atom is 0.286 e. The predicted octanol–water partition coefficient (Wildman–Crippen LogP) is 4.45. The molecule has 2 heterocycles. The molecule has 0 bridgehead atoms. The molecule has 1 atom stereocenters. The number of carbonyl (C=O) groups excluding carboxylic acids is 2. The van der Waals surface area contributed by atoms with Crippen molar-refractivity contribution in [3.63, 3.8) is 0 Å². The molecule has 1 aromatic heterocycles. The molecule has 0 spiro atoms. The number of ether oxygens (including phenoxy) is 1. The Bertz CT molecular complexity index is 1100. The second-order valence-electron chi connectivity index (χ2n) is 8.29. The number of hydrogen-bond donors (Lipinski definition) is 1. The molecule has 3 aromatic rings. The van der Waals surface area contributed by atoms with E-state index < -0.39 is 0 Å². The first-order chi connectivity index (χ1) is 16.0. The van der Waals surface area contributed by atoms with E-state index in [4.69, 9.17) is 4.74 Å². The Morgan fingerprint density at radius 3 is 2.61 bits per heavy atom. The molecule has 0 aliphatic carbocycles. The summed E-state index contributed by atoms with van der Waals surface area (Å²) in [5, 5.41) is 12.4. The van der Waals surface area contributed by atoms with Crippen molar-refractivity contribution in [1.82, 2.24) is 15.1 Å². The van der Waals surface area contributed by atoms with Crippen LogP contribution in [0.1, 0.15) is 51.1 Å². The summed E-state index contributed by atoms with van der Waals surface area (Å²) in [5.74, 6) is 0.818. The maximum atomic E-state index is 12.8. The number of hydrogen-bond acceptors (Lipinski definition) is 6. The van der Waals surface area contributed by atoms with Gasteiger partial charge in [0, 0.05) is 31.1 Å². The first-order valence-electron chi connectivity index (χ1n) is 11.1. The molecular formula is C25H28N4O3S. The van der Waals surface area contributed by atoms with E-state index in [1.165, 1.54) is 11.3 Å². The largest absolute Gasteiger partial charge is 0.497 e. The van der Waals surface area contributed by atoms with Crippen molar-refractivity contribution in [2.24, 2.45) is 0 Å². The molecule has 2 amide bonds. The maximum absolute atomic E-state index is 12.8. The zero-order chi connectivity index (χ0) is 23.2. The van der Waals surface area contributed by atoms with Crippen LogP contribution in [0.15, 0.2) is 48.5 Å². The Balaban J connectivity index is 1.32. The van der Waals surface area contributed by atoms with Crippen molar-refractivity contribution in [2.75, 3.05) is 25.5 Å². The van der Waals surface area contributed by atoms with Crippen LogP contribution in [0, 0.1) is 6.92 Å². The van der Waals surface area contributed by atoms with Gasteiger partial charge in [0.1, 0.15) is 10.8 Å². The fourth-order valence-corrected chi connectivity index (χ4v) is 4.78. The summed E-state index contributed by atoms with van der Waals surface area (Å²) in [6.45, 7) is 3.38. The molecule has 1 saturated heterocycles. The Morgan fingerprint density at radius 1 is 1.12 bits per heavy atom. The van der Waals surface area contributed by atoms with Crippen LogP contribution in [0.2, 0.25) is 0 Å². The van der Waals surface area contributed by atoms with Crippen molar-refractivity contribution < 1.29 is 14.3 Å². The quantitative estimate of drug-likeness (QED) is 0.559. The van der Waals surface area contributed by atoms with Gasteiger partial charge in [-0.25, -0.2) is 0 Å². The van der Waals surface area contributed by atoms with E-state index >= 15 is 0 Å². The number of likely N-dealkylation sites (tertiary alicyclic amines) is 1. The van der Waals surface area contributed by atoms with E-state index in [-0.39, 0.29) is 17.7 Å². The van der Waals surface area contributed by atoms with Crippen LogP contribution >= 0.6 is 11.3 Å². The number of rotatable bonds is 7. The number of nitrogens with zero attached hydrogens (tertiary/aromatic N) is 3. The van der Waals surface area contributed by atoms with Crippen molar-refractivity contribution in [3.05, 3.63) is 69.7 Å². The third-order valence-electron chi connectivity index (χ3n) is 5.85. The zero-order valence-corrected chi connectivity index (χ0v) is 19.7. The van der Waals surface area contributed by atoms with Crippen LogP contribution in [0.5, 0.6) is 5.75 Å². The Morgan fingerprint density at radius 2 is 1.88 bits per heavy atom. The van der Waals surface area contributed by atoms with Gasteiger partial charge in [0.25, 0.3) is 5.91 Å². The summed E-state index contributed by atoms with van der Waals surface area (Å²) in [7, 11) is 1.64. The number of aryl methyl sites for hydroxylation is 2. The summed E-state index contributed by atoms with van der Waals surface area (Å²) in [6, 6.07) is 15.5. The lowest BCUT2D eigenvalue weighted by molar-refractivity contribution is -0.132. The van der Waals surface area contributed by atoms with Crippen molar-refractivity contribution in [1.29, 1.82) is 0 Å². The van der Waals surface area contributed by atoms with E-state index in [0.29, 0.717) is 24.4 Å². The average molecular weight is 465 g/mol. The van der Waals surface area contributed by atoms with Crippen molar-refractivity contribution in [2.45, 2.75) is 38.5 Å². The monoisotopic (exact) mass is 464 g/mol. The first-order valence-corrected chi connectivity index (χ1v) is 12.0. The molecular weight excluding hydrogens is 436 g/mol. The number of aromatic nitrogens is 2. The number of amides is 2. The molecule has 2 aromatic carbocycles. The standard InChI is InChI=1S/C25H28N4O3S/c1-17-5-10-20(11-6-17)26-23(31)25-28-27-24(33-25)19-4-3-15-29(16-19)22(30)14-9-18-7-12-21(32-2)13-8-18/h5-8,10-13,19H,3-4,9,14-16H2,1-2H3,(H,26,31)/t19-/m1/s1. The minimum absolute atomic E-state index is 0.113. The van der Waals surface area contributed by atoms with Crippen LogP contribution < -0.4 is 10.1 Å². The minimum atomic E-state index is -0.258. The highest BCUT2D eigenvalue weighted by Crippen LogP contribution is 2.30. The van der Waals surface area contributed by atoms with E-state index in [1.807, 2.05) is 60.4 Å². The number of benzene rings is 2. The van der Waals surface area contributed by atoms with Crippen molar-refractivity contribution in [3.8, 4) is 5.75 Å². The van der Waals surface area contributed by atoms with Gasteiger partial charge in [-0.3, -0.25) is 9.59 Å². The highest BCUT2D eigenvalue weighted by molar-refractivity contribution is 7.13. The van der Waals surface area contributed by atoms with E-state index in [9.17, 15) is 9.59 Å². The van der Waals surface area contributed by atoms with Crippen LogP contribution in [-0.2, 0) is 11.2 Å². The Kier molecular flexibility index (Phi) is 7.34. The normalized spacial score (nSPS) is 15.8. The average Bonchev–Trinajstić information content (AvgIpc) is 3.35. The summed E-state index contributed by atoms with van der Waals surface area (Å²) < 4.78 is 5.18. The highest BCUT2D eigenvalue weighted by Gasteiger charge is 2.28. The van der Waals surface area contributed by atoms with Gasteiger partial charge in [0.2, 0.25) is 10.9 Å². The molecule has 4 rings (SSSR count). The van der Waals surface area contributed by atoms with Gasteiger partial charge >= 0.3 is 0 Å². The van der Waals surface area contributed by atoms with Gasteiger partial charge in [-0.2, -0.15) is 0 Å². The van der Waals surface area contributed by atoms with E-state index in [1.54, 1.807) is 7.11 Å². The number of piperidine rings is 1. The second-order valence-corrected chi connectivity index (χ2v) is 9.30. The Labute approximate surface area is 197 Å². The second kappa shape index (κ2) is 10.6. The Hall–Kier alpha value is -3.26. The molecule has 1 fully saturated rings. The van der Waals surface area contributed by atoms with Crippen LogP contribution in [0.3, 0.4) is 0 Å². The van der Waals surface area contributed by atoms with Gasteiger partial charge in [-0.05, 0) is 56.0 Å². The topological polar surface area (TPSA) is 84.4 Å². The van der Waals surface area contributed by atoms with Crippen LogP contribution in [0.25, 0.3) is 0 Å². The fraction of sp³-hybridized carbons (Fsp3) is 0.360. The van der Waals surface area contributed by atoms with Gasteiger partial charge in [0.15, 0.2) is 0 Å². The molecule has 0 unspecified atom stereocenters. The lowest BCUT2D eigenvalue weighted by Gasteiger charge is -2.31. The van der Waals surface area contributed by atoms with Crippen molar-refractivity contribution >= 4 is 28.8 Å². The molecule has 0 radical (unpaired) electrons. The smallest absolute Gasteiger partial charge is 0.286 e. The minimum Gasteiger partial charge on any atom is -0.497 e. The summed E-state index contributed by atoms with van der Waals surface area (Å²) >= 11 is 1.31. The first kappa shape index (κ1) is 22.9. The molecule has 172 valence electrons. The zero-order valence-electron chi connectivity index (χ0n) is 18.9. The molecule has 7 nitrogen and oxygen atoms in total. The number of nitrogens with one attached hydrogen (secondary N) is 1. The highest BCUT2D eigenvalue weighted by atomic mass is 32.1. The summed E-state index contributed by atoms with van der Waals surface area (Å²) in [5.41, 5.74) is 2.98. The number of anilines is 1. The molecule has 8 heteroatoms. The van der Waals surface area contributed by atoms with E-state index in [0.717, 1.165) is 47.0 Å². The third-order valence-corrected chi connectivity index (χ3v) is 6.94. The number of methoxy groups -OCH3 is 1. The molecule has 33 heavy (non-hydrogen) atoms. The molecule has 1 N–H and O–H groups in total. The van der Waals surface area contributed by atoms with Gasteiger partial charge < -0.3 is 15.0 Å². The van der Waals surface area contributed by atoms with Gasteiger partial charge in [0.05, 0.1) is 7.11 Å². The SMILES string of the molecule is COc1ccc(CCC(=O)N2CCC[C@@H](c3nnc(C(=O)Nc4ccc(C)cc4)s3)C2)cc1. The lowest BCUT2D eigenvalue weighted by atomic mass is 9.98. The lowest BCUT2D eigenvalue weighted by Crippen LogP contribution is -2.39. The molecule has 0 saturated carbocycles. The number of carbonyl (C=O) groups is 2. The van der Waals surface area contributed by atoms with Gasteiger partial charge in [-0.15, -0.1) is 10.2 Å².